The van der Waals surface area contributed by atoms with Gasteiger partial charge in [0.25, 0.3) is 0 Å². The number of hydrogen-bond donors (Lipinski definition) is 2. The monoisotopic (exact) mass is 590 g/mol. The maximum absolute atomic E-state index is 13.8. The highest BCUT2D eigenvalue weighted by Crippen LogP contribution is 2.67. The van der Waals surface area contributed by atoms with E-state index in [-0.39, 0.29) is 34.9 Å². The van der Waals surface area contributed by atoms with E-state index in [0.717, 1.165) is 31.3 Å². The molecule has 4 aliphatic rings. The molecule has 4 aliphatic carbocycles. The Balaban J connectivity index is 1.65. The second-order valence-corrected chi connectivity index (χ2v) is 14.8. The third kappa shape index (κ3) is 6.05. The van der Waals surface area contributed by atoms with Gasteiger partial charge in [0, 0.05) is 26.7 Å². The molecule has 0 aromatic rings. The van der Waals surface area contributed by atoms with Gasteiger partial charge in [-0.05, 0) is 107 Å². The molecule has 3 fully saturated rings. The lowest BCUT2D eigenvalue weighted by Gasteiger charge is -2.58. The Morgan fingerprint density at radius 3 is 2.07 bits per heavy atom. The first-order valence-corrected chi connectivity index (χ1v) is 15.5. The lowest BCUT2D eigenvalue weighted by molar-refractivity contribution is -0.186. The fourth-order valence-corrected chi connectivity index (χ4v) is 9.37. The standard InChI is InChI=1S/C33H50O9/c1-18(34)40-26-16-24-25(37)15-21-22-9-10-28(33(8,39)29(42-20(3)36)12-13-30(4,5)38)31(22,6)14-11-23(21)32(24,7)17-27(26)41-19(2)35/h15,22-24,26-29,38-39H,9-14,16-17H2,1-8H3/t22-,23-,24+,26+,27-,28-,29+,31-,32+,33+/m0/s1. The van der Waals surface area contributed by atoms with Gasteiger partial charge in [-0.3, -0.25) is 19.2 Å². The topological polar surface area (TPSA) is 136 Å². The molecule has 4 rings (SSSR count). The van der Waals surface area contributed by atoms with E-state index >= 15 is 0 Å². The lowest BCUT2D eigenvalue weighted by Crippen LogP contribution is -2.58. The predicted octanol–water partition coefficient (Wildman–Crippen LogP) is 4.45. The summed E-state index contributed by atoms with van der Waals surface area (Å²) in [5.74, 6) is -1.72. The van der Waals surface area contributed by atoms with E-state index in [1.807, 2.05) is 6.08 Å². The molecule has 2 N–H and O–H groups in total. The van der Waals surface area contributed by atoms with Gasteiger partial charge in [-0.25, -0.2) is 0 Å². The minimum atomic E-state index is -1.33. The number of ketones is 1. The van der Waals surface area contributed by atoms with Crippen LogP contribution in [-0.2, 0) is 33.4 Å². The van der Waals surface area contributed by atoms with Crippen molar-refractivity contribution in [1.82, 2.24) is 0 Å². The van der Waals surface area contributed by atoms with Crippen molar-refractivity contribution >= 4 is 23.7 Å². The van der Waals surface area contributed by atoms with Crippen molar-refractivity contribution in [2.75, 3.05) is 0 Å². The highest BCUT2D eigenvalue weighted by Gasteiger charge is 2.64. The summed E-state index contributed by atoms with van der Waals surface area (Å²) in [6.07, 6.45) is 4.36. The van der Waals surface area contributed by atoms with Crippen LogP contribution in [-0.4, -0.2) is 63.4 Å². The number of esters is 3. The summed E-state index contributed by atoms with van der Waals surface area (Å²) in [4.78, 5) is 49.7. The molecule has 0 radical (unpaired) electrons. The first kappa shape index (κ1) is 32.6. The van der Waals surface area contributed by atoms with E-state index in [1.54, 1.807) is 20.8 Å². The van der Waals surface area contributed by atoms with Gasteiger partial charge in [0.05, 0.1) is 5.60 Å². The number of rotatable bonds is 8. The summed E-state index contributed by atoms with van der Waals surface area (Å²) in [7, 11) is 0. The van der Waals surface area contributed by atoms with E-state index in [4.69, 9.17) is 14.2 Å². The quantitative estimate of drug-likeness (QED) is 0.310. The molecule has 0 unspecified atom stereocenters. The number of aliphatic hydroxyl groups is 2. The Hall–Kier alpha value is -2.26. The smallest absolute Gasteiger partial charge is 0.303 e. The molecule has 9 heteroatoms. The zero-order valence-electron chi connectivity index (χ0n) is 26.5. The molecule has 0 aliphatic heterocycles. The van der Waals surface area contributed by atoms with Crippen molar-refractivity contribution in [2.45, 2.75) is 136 Å². The minimum Gasteiger partial charge on any atom is -0.459 e. The predicted molar refractivity (Wildman–Crippen MR) is 154 cm³/mol. The highest BCUT2D eigenvalue weighted by molar-refractivity contribution is 5.94. The molecular formula is C33H50O9. The number of hydrogen-bond acceptors (Lipinski definition) is 9. The first-order chi connectivity index (χ1) is 19.3. The van der Waals surface area contributed by atoms with Crippen molar-refractivity contribution in [3.8, 4) is 0 Å². The molecule has 10 atom stereocenters. The fourth-order valence-electron chi connectivity index (χ4n) is 9.37. The third-order valence-corrected chi connectivity index (χ3v) is 11.2. The summed E-state index contributed by atoms with van der Waals surface area (Å²) in [6, 6.07) is 0. The van der Waals surface area contributed by atoms with Gasteiger partial charge < -0.3 is 24.4 Å². The average molecular weight is 591 g/mol. The Kier molecular flexibility index (Phi) is 8.82. The van der Waals surface area contributed by atoms with Gasteiger partial charge in [0.1, 0.15) is 23.9 Å². The second-order valence-electron chi connectivity index (χ2n) is 14.8. The number of carbonyl (C=O) groups excluding carboxylic acids is 4. The normalized spacial score (nSPS) is 38.1. The number of allylic oxidation sites excluding steroid dienone is 2. The number of fused-ring (bicyclic) bond motifs is 5. The van der Waals surface area contributed by atoms with E-state index in [0.29, 0.717) is 25.7 Å². The maximum atomic E-state index is 13.8. The van der Waals surface area contributed by atoms with Crippen LogP contribution in [0.1, 0.15) is 107 Å². The van der Waals surface area contributed by atoms with E-state index in [1.165, 1.54) is 20.8 Å². The van der Waals surface area contributed by atoms with E-state index in [2.05, 4.69) is 13.8 Å². The molecule has 0 amide bonds. The van der Waals surface area contributed by atoms with Crippen molar-refractivity contribution in [3.05, 3.63) is 11.6 Å². The molecule has 9 nitrogen and oxygen atoms in total. The molecule has 0 bridgehead atoms. The first-order valence-electron chi connectivity index (χ1n) is 15.5. The van der Waals surface area contributed by atoms with Crippen molar-refractivity contribution in [3.63, 3.8) is 0 Å². The van der Waals surface area contributed by atoms with Crippen molar-refractivity contribution in [2.24, 2.45) is 34.5 Å². The van der Waals surface area contributed by atoms with E-state index < -0.39 is 52.8 Å². The van der Waals surface area contributed by atoms with Crippen LogP contribution in [0.4, 0.5) is 0 Å². The van der Waals surface area contributed by atoms with Crippen LogP contribution in [0.5, 0.6) is 0 Å². The molecule has 0 aromatic heterocycles. The summed E-state index contributed by atoms with van der Waals surface area (Å²) < 4.78 is 16.9. The van der Waals surface area contributed by atoms with Crippen molar-refractivity contribution < 1.29 is 43.6 Å². The fraction of sp³-hybridized carbons (Fsp3) is 0.818. The Labute approximate surface area is 249 Å². The summed E-state index contributed by atoms with van der Waals surface area (Å²) in [5.41, 5.74) is -1.98. The summed E-state index contributed by atoms with van der Waals surface area (Å²) in [5, 5.41) is 22.5. The lowest BCUT2D eigenvalue weighted by atomic mass is 9.47. The SMILES string of the molecule is CC(=O)O[C@H]1C[C@@]2(C)[C@H](C[C@H]1OC(C)=O)C(=O)C=C1[C@@H]2CC[C@]2(C)[C@@H]([C@@](C)(O)[C@@H](CCC(C)(C)O)OC(C)=O)CC[C@@H]12. The van der Waals surface area contributed by atoms with Crippen LogP contribution in [0, 0.1) is 34.5 Å². The summed E-state index contributed by atoms with van der Waals surface area (Å²) >= 11 is 0. The summed E-state index contributed by atoms with van der Waals surface area (Å²) in [6.45, 7) is 13.5. The highest BCUT2D eigenvalue weighted by atomic mass is 16.6. The second kappa shape index (κ2) is 11.3. The van der Waals surface area contributed by atoms with Gasteiger partial charge in [0.2, 0.25) is 0 Å². The van der Waals surface area contributed by atoms with Gasteiger partial charge in [-0.1, -0.05) is 19.4 Å². The van der Waals surface area contributed by atoms with Gasteiger partial charge >= 0.3 is 17.9 Å². The largest absolute Gasteiger partial charge is 0.459 e. The van der Waals surface area contributed by atoms with E-state index in [9.17, 15) is 29.4 Å². The molecule has 42 heavy (non-hydrogen) atoms. The van der Waals surface area contributed by atoms with Crippen molar-refractivity contribution in [1.29, 1.82) is 0 Å². The van der Waals surface area contributed by atoms with Crippen LogP contribution < -0.4 is 0 Å². The zero-order valence-corrected chi connectivity index (χ0v) is 26.5. The molecule has 0 heterocycles. The molecule has 0 saturated heterocycles. The van der Waals surface area contributed by atoms with Gasteiger partial charge in [0.15, 0.2) is 5.78 Å². The van der Waals surface area contributed by atoms with Crippen LogP contribution in [0.2, 0.25) is 0 Å². The van der Waals surface area contributed by atoms with Crippen LogP contribution in [0.3, 0.4) is 0 Å². The van der Waals surface area contributed by atoms with Gasteiger partial charge in [-0.2, -0.15) is 0 Å². The number of carbonyl (C=O) groups is 4. The maximum Gasteiger partial charge on any atom is 0.303 e. The number of ether oxygens (including phenoxy) is 3. The molecule has 0 aromatic carbocycles. The van der Waals surface area contributed by atoms with Crippen LogP contribution >= 0.6 is 0 Å². The Morgan fingerprint density at radius 2 is 1.50 bits per heavy atom. The van der Waals surface area contributed by atoms with Crippen LogP contribution in [0.15, 0.2) is 11.6 Å². The minimum absolute atomic E-state index is 0.0182. The average Bonchev–Trinajstić information content (AvgIpc) is 3.19. The molecular weight excluding hydrogens is 540 g/mol. The van der Waals surface area contributed by atoms with Gasteiger partial charge in [-0.15, -0.1) is 0 Å². The third-order valence-electron chi connectivity index (χ3n) is 11.2. The molecule has 0 spiro atoms. The Bertz CT molecular complexity index is 1130. The van der Waals surface area contributed by atoms with Crippen LogP contribution in [0.25, 0.3) is 0 Å². The molecule has 236 valence electrons. The Morgan fingerprint density at radius 1 is 0.905 bits per heavy atom. The molecule has 3 saturated carbocycles. The zero-order chi connectivity index (χ0) is 31.4.